The van der Waals surface area contributed by atoms with Crippen molar-refractivity contribution >= 4 is 44.8 Å². The average molecular weight is 442 g/mol. The maximum atomic E-state index is 12.6. The zero-order chi connectivity index (χ0) is 16.1. The number of nitrogens with one attached hydrogen (secondary N) is 3. The van der Waals surface area contributed by atoms with Gasteiger partial charge in [-0.2, -0.15) is 0 Å². The van der Waals surface area contributed by atoms with Crippen LogP contribution in [-0.2, 0) is 13.0 Å². The number of halogens is 1. The number of rotatable bonds is 1. The summed E-state index contributed by atoms with van der Waals surface area (Å²) < 4.78 is 1.02. The summed E-state index contributed by atoms with van der Waals surface area (Å²) in [5.41, 5.74) is 2.70. The van der Waals surface area contributed by atoms with E-state index >= 15 is 0 Å². The van der Waals surface area contributed by atoms with Crippen LogP contribution in [0.5, 0.6) is 5.75 Å². The molecule has 120 valence electrons. The number of quaternary nitrogens is 1. The van der Waals surface area contributed by atoms with E-state index in [1.807, 2.05) is 12.1 Å². The fourth-order valence-electron chi connectivity index (χ4n) is 3.24. The quantitative estimate of drug-likeness (QED) is 0.506. The van der Waals surface area contributed by atoms with Gasteiger partial charge in [-0.3, -0.25) is 4.79 Å². The Morgan fingerprint density at radius 1 is 1.39 bits per heavy atom. The second kappa shape index (κ2) is 5.64. The molecule has 4 N–H and O–H groups in total. The van der Waals surface area contributed by atoms with E-state index in [1.54, 1.807) is 17.4 Å². The van der Waals surface area contributed by atoms with Crippen LogP contribution in [-0.4, -0.2) is 24.6 Å². The number of carbonyl (C=O) groups excluding carboxylic acids is 1. The normalized spacial score (nSPS) is 22.8. The summed E-state index contributed by atoms with van der Waals surface area (Å²) in [6.45, 7) is 2.03. The van der Waals surface area contributed by atoms with Gasteiger partial charge in [0.25, 0.3) is 5.91 Å². The predicted octanol–water partition coefficient (Wildman–Crippen LogP) is 1.48. The van der Waals surface area contributed by atoms with Crippen LogP contribution in [0.1, 0.15) is 32.5 Å². The molecule has 2 aromatic rings. The molecule has 3 heterocycles. The highest BCUT2D eigenvalue weighted by molar-refractivity contribution is 14.1. The maximum Gasteiger partial charge on any atom is 0.256 e. The summed E-state index contributed by atoms with van der Waals surface area (Å²) in [6, 6.07) is 5.40. The van der Waals surface area contributed by atoms with E-state index in [-0.39, 0.29) is 11.7 Å². The van der Waals surface area contributed by atoms with Crippen molar-refractivity contribution in [3.05, 3.63) is 43.3 Å². The molecular weight excluding hydrogens is 425 g/mol. The zero-order valence-electron chi connectivity index (χ0n) is 12.6. The van der Waals surface area contributed by atoms with Gasteiger partial charge in [-0.1, -0.05) is 0 Å². The molecule has 1 aromatic heterocycles. The molecule has 0 saturated carbocycles. The number of thiophene rings is 1. The van der Waals surface area contributed by atoms with Crippen molar-refractivity contribution in [3.8, 4) is 5.75 Å². The van der Waals surface area contributed by atoms with E-state index in [9.17, 15) is 9.90 Å². The second-order valence-electron chi connectivity index (χ2n) is 6.10. The first-order valence-corrected chi connectivity index (χ1v) is 9.44. The van der Waals surface area contributed by atoms with Gasteiger partial charge in [-0.25, -0.2) is 0 Å². The number of carbonyl (C=O) groups is 1. The van der Waals surface area contributed by atoms with Crippen LogP contribution in [0.2, 0.25) is 0 Å². The Bertz CT molecular complexity index is 805. The molecule has 5 nitrogen and oxygen atoms in total. The van der Waals surface area contributed by atoms with Gasteiger partial charge in [0.15, 0.2) is 0 Å². The number of likely N-dealkylation sites (N-methyl/N-ethyl adjacent to an activating group) is 1. The number of benzene rings is 1. The van der Waals surface area contributed by atoms with Crippen molar-refractivity contribution in [1.82, 2.24) is 5.32 Å². The average Bonchev–Trinajstić information content (AvgIpc) is 2.87. The third kappa shape index (κ3) is 2.60. The topological polar surface area (TPSA) is 65.8 Å². The van der Waals surface area contributed by atoms with Crippen LogP contribution in [0.4, 0.5) is 5.00 Å². The van der Waals surface area contributed by atoms with Crippen LogP contribution in [0.25, 0.3) is 0 Å². The molecule has 7 heteroatoms. The Morgan fingerprint density at radius 3 is 3.04 bits per heavy atom. The van der Waals surface area contributed by atoms with Crippen molar-refractivity contribution in [1.29, 1.82) is 0 Å². The number of phenols is 1. The van der Waals surface area contributed by atoms with Gasteiger partial charge in [0.05, 0.1) is 24.0 Å². The van der Waals surface area contributed by atoms with Crippen LogP contribution < -0.4 is 15.5 Å². The Morgan fingerprint density at radius 2 is 2.22 bits per heavy atom. The van der Waals surface area contributed by atoms with E-state index in [0.29, 0.717) is 5.56 Å². The van der Waals surface area contributed by atoms with E-state index in [0.717, 1.165) is 33.6 Å². The van der Waals surface area contributed by atoms with Crippen molar-refractivity contribution < 1.29 is 14.8 Å². The standard InChI is InChI=1S/C16H16IN3O2S/c1-20-5-4-9-12(7-20)23-16-13(9)15(22)18-14(19-16)10-6-8(17)2-3-11(10)21/h2-3,6,14,19,21H,4-5,7H2,1H3,(H,18,22)/p+1/t14-/m0/s1. The van der Waals surface area contributed by atoms with Gasteiger partial charge in [-0.15, -0.1) is 11.3 Å². The highest BCUT2D eigenvalue weighted by Gasteiger charge is 2.34. The number of fused-ring (bicyclic) bond motifs is 3. The summed E-state index contributed by atoms with van der Waals surface area (Å²) in [5.74, 6) is 0.149. The summed E-state index contributed by atoms with van der Waals surface area (Å²) in [6.07, 6.45) is 0.552. The number of hydrogen-bond acceptors (Lipinski definition) is 4. The molecular formula is C16H17IN3O2S+. The zero-order valence-corrected chi connectivity index (χ0v) is 15.5. The summed E-state index contributed by atoms with van der Waals surface area (Å²) >= 11 is 3.88. The highest BCUT2D eigenvalue weighted by atomic mass is 127. The third-order valence-electron chi connectivity index (χ3n) is 4.43. The largest absolute Gasteiger partial charge is 0.508 e. The van der Waals surface area contributed by atoms with Crippen molar-refractivity contribution in [2.75, 3.05) is 18.9 Å². The number of hydrogen-bond donors (Lipinski definition) is 4. The lowest BCUT2D eigenvalue weighted by molar-refractivity contribution is -0.895. The first-order chi connectivity index (χ1) is 11.0. The first-order valence-electron chi connectivity index (χ1n) is 7.54. The summed E-state index contributed by atoms with van der Waals surface area (Å²) in [5, 5.41) is 17.4. The summed E-state index contributed by atoms with van der Waals surface area (Å²) in [7, 11) is 2.18. The molecule has 0 spiro atoms. The molecule has 2 atom stereocenters. The van der Waals surface area contributed by atoms with E-state index < -0.39 is 6.17 Å². The first kappa shape index (κ1) is 15.2. The minimum absolute atomic E-state index is 0.0425. The molecule has 4 rings (SSSR count). The van der Waals surface area contributed by atoms with Crippen molar-refractivity contribution in [2.24, 2.45) is 0 Å². The molecule has 23 heavy (non-hydrogen) atoms. The number of phenolic OH excluding ortho intramolecular Hbond substituents is 1. The van der Waals surface area contributed by atoms with Crippen molar-refractivity contribution in [3.63, 3.8) is 0 Å². The molecule has 1 aromatic carbocycles. The van der Waals surface area contributed by atoms with Gasteiger partial charge < -0.3 is 20.6 Å². The molecule has 2 aliphatic heterocycles. The Hall–Kier alpha value is -1.32. The molecule has 0 fully saturated rings. The molecule has 2 aliphatic rings. The monoisotopic (exact) mass is 442 g/mol. The fourth-order valence-corrected chi connectivity index (χ4v) is 5.15. The third-order valence-corrected chi connectivity index (χ3v) is 6.27. The van der Waals surface area contributed by atoms with Crippen LogP contribution in [0.3, 0.4) is 0 Å². The van der Waals surface area contributed by atoms with E-state index in [1.165, 1.54) is 15.3 Å². The molecule has 0 aliphatic carbocycles. The number of anilines is 1. The minimum Gasteiger partial charge on any atom is -0.508 e. The summed E-state index contributed by atoms with van der Waals surface area (Å²) in [4.78, 5) is 15.4. The van der Waals surface area contributed by atoms with Gasteiger partial charge in [-0.05, 0) is 46.4 Å². The van der Waals surface area contributed by atoms with E-state index in [4.69, 9.17) is 0 Å². The lowest BCUT2D eigenvalue weighted by Crippen LogP contribution is -3.08. The Balaban J connectivity index is 1.73. The highest BCUT2D eigenvalue weighted by Crippen LogP contribution is 2.40. The minimum atomic E-state index is -0.394. The van der Waals surface area contributed by atoms with Crippen LogP contribution in [0.15, 0.2) is 18.2 Å². The number of amides is 1. The van der Waals surface area contributed by atoms with E-state index in [2.05, 4.69) is 40.3 Å². The molecule has 1 amide bonds. The van der Waals surface area contributed by atoms with Gasteiger partial charge in [0.2, 0.25) is 0 Å². The maximum absolute atomic E-state index is 12.6. The van der Waals surface area contributed by atoms with Crippen molar-refractivity contribution in [2.45, 2.75) is 19.1 Å². The molecule has 0 saturated heterocycles. The molecule has 0 bridgehead atoms. The van der Waals surface area contributed by atoms with Gasteiger partial charge in [0, 0.05) is 15.6 Å². The predicted molar refractivity (Wildman–Crippen MR) is 98.1 cm³/mol. The molecule has 1 unspecified atom stereocenters. The number of aromatic hydroxyl groups is 1. The Labute approximate surface area is 151 Å². The van der Waals surface area contributed by atoms with Gasteiger partial charge in [0.1, 0.15) is 23.5 Å². The second-order valence-corrected chi connectivity index (χ2v) is 8.45. The fraction of sp³-hybridized carbons (Fsp3) is 0.312. The smallest absolute Gasteiger partial charge is 0.256 e. The van der Waals surface area contributed by atoms with Crippen LogP contribution in [0, 0.1) is 3.57 Å². The lowest BCUT2D eigenvalue weighted by atomic mass is 10.0. The SMILES string of the molecule is C[NH+]1CCc2c(sc3c2C(=O)N[C@H](c2cc(I)ccc2O)N3)C1. The Kier molecular flexibility index (Phi) is 3.73. The van der Waals surface area contributed by atoms with Crippen LogP contribution >= 0.6 is 33.9 Å². The van der Waals surface area contributed by atoms with Gasteiger partial charge >= 0.3 is 0 Å². The lowest BCUT2D eigenvalue weighted by Gasteiger charge is -2.27. The molecule has 0 radical (unpaired) electrons.